The fraction of sp³-hybridized carbons (Fsp3) is 0.463. The minimum Gasteiger partial charge on any atom is -0.504 e. The van der Waals surface area contributed by atoms with Gasteiger partial charge in [0.1, 0.15) is 29.4 Å². The number of hydrogen-bond donors (Lipinski definition) is 3. The molecule has 0 saturated carbocycles. The molecular weight excluding hydrogens is 727 g/mol. The number of furan rings is 1. The van der Waals surface area contributed by atoms with Crippen molar-refractivity contribution < 1.29 is 47.9 Å². The number of esters is 2. The number of ether oxygens (including phenoxy) is 5. The van der Waals surface area contributed by atoms with Crippen molar-refractivity contribution in [3.63, 3.8) is 0 Å². The van der Waals surface area contributed by atoms with Crippen molar-refractivity contribution >= 4 is 34.7 Å². The maximum absolute atomic E-state index is 14.8. The van der Waals surface area contributed by atoms with Gasteiger partial charge in [0.05, 0.1) is 24.4 Å². The molecule has 0 aliphatic carbocycles. The van der Waals surface area contributed by atoms with Gasteiger partial charge in [-0.25, -0.2) is 4.79 Å². The molecule has 4 aromatic rings. The second-order valence-corrected chi connectivity index (χ2v) is 17.3. The van der Waals surface area contributed by atoms with Gasteiger partial charge < -0.3 is 38.3 Å². The number of nitrogens with zero attached hydrogens (tertiary/aromatic N) is 2. The van der Waals surface area contributed by atoms with Crippen LogP contribution in [0.15, 0.2) is 34.7 Å². The first-order valence-electron chi connectivity index (χ1n) is 18.8. The Morgan fingerprint density at radius 1 is 1.09 bits per heavy atom. The zero-order chi connectivity index (χ0) is 37.9. The molecule has 14 heteroatoms. The van der Waals surface area contributed by atoms with Crippen LogP contribution in [0.4, 0.5) is 0 Å². The Bertz CT molecular complexity index is 2420. The van der Waals surface area contributed by atoms with E-state index in [0.717, 1.165) is 33.2 Å². The highest BCUT2D eigenvalue weighted by Crippen LogP contribution is 2.71. The predicted octanol–water partition coefficient (Wildman–Crippen LogP) is 4.89. The molecule has 4 bridgehead atoms. The number of aliphatic hydroxyl groups is 1. The summed E-state index contributed by atoms with van der Waals surface area (Å²) in [6.45, 7) is 7.90. The van der Waals surface area contributed by atoms with Crippen LogP contribution in [0.5, 0.6) is 28.7 Å². The molecule has 3 N–H and O–H groups in total. The van der Waals surface area contributed by atoms with Crippen molar-refractivity contribution in [2.45, 2.75) is 80.7 Å². The summed E-state index contributed by atoms with van der Waals surface area (Å²) < 4.78 is 37.3. The minimum atomic E-state index is -1.38. The van der Waals surface area contributed by atoms with Gasteiger partial charge in [-0.3, -0.25) is 19.9 Å². The molecule has 2 unspecified atom stereocenters. The number of thioether (sulfide) groups is 1. The molecule has 0 radical (unpaired) electrons. The van der Waals surface area contributed by atoms with E-state index in [4.69, 9.17) is 28.1 Å². The molecule has 8 aliphatic heterocycles. The molecule has 8 aliphatic rings. The lowest BCUT2D eigenvalue weighted by atomic mass is 9.75. The molecule has 3 saturated heterocycles. The van der Waals surface area contributed by atoms with Gasteiger partial charge in [0.25, 0.3) is 0 Å². The summed E-state index contributed by atoms with van der Waals surface area (Å²) in [7, 11) is 1.56. The van der Waals surface area contributed by atoms with E-state index in [-0.39, 0.29) is 31.4 Å². The first-order chi connectivity index (χ1) is 26.4. The van der Waals surface area contributed by atoms with E-state index in [9.17, 15) is 19.8 Å². The number of nitrogens with one attached hydrogen (secondary N) is 1. The molecule has 55 heavy (non-hydrogen) atoms. The van der Waals surface area contributed by atoms with E-state index < -0.39 is 52.1 Å². The number of aryl methyl sites for hydroxylation is 1. The highest BCUT2D eigenvalue weighted by Gasteiger charge is 2.72. The maximum atomic E-state index is 14.8. The summed E-state index contributed by atoms with van der Waals surface area (Å²) >= 11 is 1.52. The third-order valence-corrected chi connectivity index (χ3v) is 14.8. The van der Waals surface area contributed by atoms with Gasteiger partial charge in [0.15, 0.2) is 28.5 Å². The van der Waals surface area contributed by atoms with Gasteiger partial charge >= 0.3 is 11.9 Å². The average Bonchev–Trinajstić information content (AvgIpc) is 3.90. The summed E-state index contributed by atoms with van der Waals surface area (Å²) in [5, 5.41) is 29.2. The fourth-order valence-electron chi connectivity index (χ4n) is 11.4. The first-order valence-corrected chi connectivity index (χ1v) is 19.8. The van der Waals surface area contributed by atoms with Gasteiger partial charge in [-0.1, -0.05) is 18.2 Å². The molecule has 9 heterocycles. The van der Waals surface area contributed by atoms with Gasteiger partial charge in [-0.15, -0.1) is 11.8 Å². The number of piperazine rings is 1. The van der Waals surface area contributed by atoms with Crippen LogP contribution in [0.2, 0.25) is 0 Å². The second kappa shape index (κ2) is 11.1. The summed E-state index contributed by atoms with van der Waals surface area (Å²) in [6, 6.07) is 8.19. The molecule has 1 spiro atoms. The molecule has 13 nitrogen and oxygen atoms in total. The molecule has 3 aromatic carbocycles. The minimum absolute atomic E-state index is 0.0408. The number of hydrogen-bond acceptors (Lipinski definition) is 14. The average molecular weight is 768 g/mol. The van der Waals surface area contributed by atoms with Crippen LogP contribution < -0.4 is 24.3 Å². The van der Waals surface area contributed by atoms with Crippen molar-refractivity contribution in [2.24, 2.45) is 0 Å². The van der Waals surface area contributed by atoms with Gasteiger partial charge in [0, 0.05) is 77.0 Å². The van der Waals surface area contributed by atoms with E-state index in [0.29, 0.717) is 64.9 Å². The third-order valence-electron chi connectivity index (χ3n) is 13.4. The number of fused-ring (bicyclic) bond motifs is 11. The maximum Gasteiger partial charge on any atom is 0.335 e. The lowest BCUT2D eigenvalue weighted by Crippen LogP contribution is -2.67. The van der Waals surface area contributed by atoms with Crippen molar-refractivity contribution in [1.29, 1.82) is 0 Å². The number of para-hydroxylation sites is 1. The summed E-state index contributed by atoms with van der Waals surface area (Å²) in [4.78, 5) is 32.2. The number of phenolic OH excluding ortho intramolecular Hbond substituents is 1. The number of benzene rings is 3. The molecule has 12 rings (SSSR count). The number of methoxy groups -OCH3 is 1. The largest absolute Gasteiger partial charge is 0.504 e. The van der Waals surface area contributed by atoms with Crippen LogP contribution >= 0.6 is 11.8 Å². The highest BCUT2D eigenvalue weighted by molar-refractivity contribution is 7.99. The highest BCUT2D eigenvalue weighted by atomic mass is 32.2. The van der Waals surface area contributed by atoms with E-state index >= 15 is 0 Å². The fourth-order valence-corrected chi connectivity index (χ4v) is 13.0. The Balaban J connectivity index is 1.19. The lowest BCUT2D eigenvalue weighted by molar-refractivity contribution is -0.196. The number of phenols is 1. The van der Waals surface area contributed by atoms with Crippen LogP contribution in [0.3, 0.4) is 0 Å². The van der Waals surface area contributed by atoms with Crippen molar-refractivity contribution in [3.8, 4) is 28.7 Å². The van der Waals surface area contributed by atoms with Crippen LogP contribution in [0, 0.1) is 13.8 Å². The number of aromatic hydroxyl groups is 1. The van der Waals surface area contributed by atoms with Crippen LogP contribution in [0.25, 0.3) is 11.0 Å². The number of carbonyl (C=O) groups is 2. The van der Waals surface area contributed by atoms with Gasteiger partial charge in [0.2, 0.25) is 6.79 Å². The molecular formula is C41H41N3O10S. The van der Waals surface area contributed by atoms with E-state index in [1.807, 2.05) is 38.1 Å². The molecule has 286 valence electrons. The van der Waals surface area contributed by atoms with E-state index in [2.05, 4.69) is 28.1 Å². The summed E-state index contributed by atoms with van der Waals surface area (Å²) in [5.74, 6) is 1.54. The van der Waals surface area contributed by atoms with E-state index in [1.165, 1.54) is 18.7 Å². The monoisotopic (exact) mass is 767 g/mol. The Morgan fingerprint density at radius 2 is 1.89 bits per heavy atom. The SMILES string of the molecule is COc1c(C)cc2c(c1O)[C@@H]1[C@@H]3[C@@H]4SC[C@]5(NCCc6c5oc5ccccc65)C(=O)OC[C@@H](c5c6c(c(C)c(OC(C)=O)c54)OCO6)N3C3(O)CN1C2(C)C3. The zero-order valence-electron chi connectivity index (χ0n) is 31.1. The first kappa shape index (κ1) is 33.8. The van der Waals surface area contributed by atoms with Crippen molar-refractivity contribution in [3.05, 3.63) is 75.0 Å². The number of rotatable bonds is 2. The zero-order valence-corrected chi connectivity index (χ0v) is 31.9. The Morgan fingerprint density at radius 3 is 2.69 bits per heavy atom. The molecule has 1 aromatic heterocycles. The molecule has 0 amide bonds. The predicted molar refractivity (Wildman–Crippen MR) is 198 cm³/mol. The third kappa shape index (κ3) is 4.08. The standard InChI is InChI=1S/C41H41N3O10S/c1-18-12-23-26(31(46)32(18)49-5)29-30-36-28-27(35-34(51-17-52-35)19(2)33(28)53-20(3)45)24(44(30)40(48)14-39(23,4)43(29)15-40)13-50-38(47)41(16-55-36)37-22(10-11-42-41)21-8-6-7-9-25(21)54-37/h6-9,12,24,29-30,36,42,46,48H,10-11,13-17H2,1-5H3/t24-,29+,30+,36+,39?,40?,41+/m0/s1. The topological polar surface area (TPSA) is 152 Å². The van der Waals surface area contributed by atoms with Crippen LogP contribution in [0.1, 0.15) is 82.3 Å². The Labute approximate surface area is 320 Å². The van der Waals surface area contributed by atoms with Gasteiger partial charge in [-0.2, -0.15) is 0 Å². The Kier molecular flexibility index (Phi) is 6.83. The summed E-state index contributed by atoms with van der Waals surface area (Å²) in [5.41, 5.74) is 2.81. The van der Waals surface area contributed by atoms with Crippen LogP contribution in [-0.2, 0) is 31.8 Å². The quantitative estimate of drug-likeness (QED) is 0.187. The number of carbonyl (C=O) groups excluding carboxylic acids is 2. The van der Waals surface area contributed by atoms with Crippen molar-refractivity contribution in [1.82, 2.24) is 15.1 Å². The lowest BCUT2D eigenvalue weighted by Gasteiger charge is -2.59. The van der Waals surface area contributed by atoms with E-state index in [1.54, 1.807) is 7.11 Å². The second-order valence-electron chi connectivity index (χ2n) is 16.2. The summed E-state index contributed by atoms with van der Waals surface area (Å²) in [6.07, 6.45) is 1.01. The van der Waals surface area contributed by atoms with Gasteiger partial charge in [-0.05, 0) is 50.5 Å². The molecule has 3 fully saturated rings. The van der Waals surface area contributed by atoms with Crippen LogP contribution in [-0.4, -0.2) is 83.1 Å². The Hall–Kier alpha value is -4.47. The smallest absolute Gasteiger partial charge is 0.335 e. The normalized spacial score (nSPS) is 32.6. The molecule has 7 atom stereocenters. The van der Waals surface area contributed by atoms with Crippen molar-refractivity contribution in [2.75, 3.05) is 39.4 Å².